The first-order chi connectivity index (χ1) is 14.4. The van der Waals surface area contributed by atoms with E-state index in [1.807, 2.05) is 73.5 Å². The zero-order chi connectivity index (χ0) is 21.7. The highest BCUT2D eigenvalue weighted by Crippen LogP contribution is 2.27. The second-order valence-electron chi connectivity index (χ2n) is 8.06. The summed E-state index contributed by atoms with van der Waals surface area (Å²) < 4.78 is 6.05. The van der Waals surface area contributed by atoms with Crippen LogP contribution in [0.1, 0.15) is 65.8 Å². The number of para-hydroxylation sites is 1. The van der Waals surface area contributed by atoms with E-state index >= 15 is 0 Å². The fraction of sp³-hybridized carbons (Fsp3) is 0.360. The van der Waals surface area contributed by atoms with Gasteiger partial charge in [0.05, 0.1) is 12.2 Å². The van der Waals surface area contributed by atoms with Gasteiger partial charge in [0.15, 0.2) is 0 Å². The van der Waals surface area contributed by atoms with Gasteiger partial charge < -0.3 is 9.64 Å². The van der Waals surface area contributed by atoms with Crippen molar-refractivity contribution < 1.29 is 9.53 Å². The summed E-state index contributed by atoms with van der Waals surface area (Å²) >= 11 is 1.57. The van der Waals surface area contributed by atoms with E-state index in [0.717, 1.165) is 27.6 Å². The van der Waals surface area contributed by atoms with Crippen molar-refractivity contribution in [3.8, 4) is 5.75 Å². The number of rotatable bonds is 8. The molecule has 0 fully saturated rings. The molecule has 0 unspecified atom stereocenters. The predicted molar refractivity (Wildman–Crippen MR) is 123 cm³/mol. The maximum absolute atomic E-state index is 13.1. The number of aryl methyl sites for hydroxylation is 1. The number of thiazole rings is 1. The van der Waals surface area contributed by atoms with Gasteiger partial charge in [-0.2, -0.15) is 0 Å². The number of hydrogen-bond donors (Lipinski definition) is 0. The fourth-order valence-corrected chi connectivity index (χ4v) is 4.04. The Morgan fingerprint density at radius 2 is 1.77 bits per heavy atom. The third-order valence-electron chi connectivity index (χ3n) is 5.08. The van der Waals surface area contributed by atoms with Crippen LogP contribution in [0, 0.1) is 6.92 Å². The van der Waals surface area contributed by atoms with Crippen molar-refractivity contribution in [1.29, 1.82) is 0 Å². The van der Waals surface area contributed by atoms with Gasteiger partial charge in [0.25, 0.3) is 5.91 Å². The van der Waals surface area contributed by atoms with Gasteiger partial charge in [-0.3, -0.25) is 4.79 Å². The predicted octanol–water partition coefficient (Wildman–Crippen LogP) is 6.20. The van der Waals surface area contributed by atoms with Crippen LogP contribution in [0.3, 0.4) is 0 Å². The molecule has 0 saturated carbocycles. The van der Waals surface area contributed by atoms with Crippen molar-refractivity contribution in [2.75, 3.05) is 0 Å². The maximum Gasteiger partial charge on any atom is 0.254 e. The second-order valence-corrected chi connectivity index (χ2v) is 9.00. The zero-order valence-electron chi connectivity index (χ0n) is 18.4. The van der Waals surface area contributed by atoms with Gasteiger partial charge >= 0.3 is 0 Å². The van der Waals surface area contributed by atoms with Crippen LogP contribution in [0.4, 0.5) is 0 Å². The Balaban J connectivity index is 1.69. The van der Waals surface area contributed by atoms with Gasteiger partial charge in [-0.15, -0.1) is 11.3 Å². The van der Waals surface area contributed by atoms with Gasteiger partial charge in [-0.05, 0) is 49.9 Å². The molecule has 0 aliphatic carbocycles. The number of amides is 1. The Hall–Kier alpha value is -2.66. The number of nitrogens with zero attached hydrogens (tertiary/aromatic N) is 2. The molecule has 0 N–H and O–H groups in total. The average molecular weight is 423 g/mol. The van der Waals surface area contributed by atoms with Gasteiger partial charge in [0.2, 0.25) is 0 Å². The largest absolute Gasteiger partial charge is 0.486 e. The highest BCUT2D eigenvalue weighted by molar-refractivity contribution is 7.09. The molecule has 158 valence electrons. The number of ether oxygens (including phenoxy) is 1. The smallest absolute Gasteiger partial charge is 0.254 e. The molecule has 3 aromatic rings. The number of hydrogen-bond acceptors (Lipinski definition) is 4. The van der Waals surface area contributed by atoms with Crippen LogP contribution in [-0.2, 0) is 13.2 Å². The Kier molecular flexibility index (Phi) is 7.27. The van der Waals surface area contributed by atoms with E-state index in [2.05, 4.69) is 19.9 Å². The minimum atomic E-state index is 0.0414. The summed E-state index contributed by atoms with van der Waals surface area (Å²) in [5, 5.41) is 2.93. The minimum Gasteiger partial charge on any atom is -0.486 e. The van der Waals surface area contributed by atoms with E-state index in [1.54, 1.807) is 11.3 Å². The Labute approximate surface area is 183 Å². The van der Waals surface area contributed by atoms with Crippen molar-refractivity contribution in [2.24, 2.45) is 0 Å². The lowest BCUT2D eigenvalue weighted by Crippen LogP contribution is -2.36. The van der Waals surface area contributed by atoms with E-state index < -0.39 is 0 Å². The van der Waals surface area contributed by atoms with Crippen LogP contribution in [0.5, 0.6) is 5.75 Å². The monoisotopic (exact) mass is 422 g/mol. The van der Waals surface area contributed by atoms with Crippen molar-refractivity contribution >= 4 is 17.2 Å². The molecule has 0 saturated heterocycles. The molecular weight excluding hydrogens is 392 g/mol. The summed E-state index contributed by atoms with van der Waals surface area (Å²) in [6.45, 7) is 11.3. The van der Waals surface area contributed by atoms with Crippen molar-refractivity contribution in [1.82, 2.24) is 9.88 Å². The van der Waals surface area contributed by atoms with Crippen LogP contribution in [-0.4, -0.2) is 21.8 Å². The number of carbonyl (C=O) groups excluding carboxylic acids is 1. The van der Waals surface area contributed by atoms with Crippen LogP contribution in [0.15, 0.2) is 53.9 Å². The fourth-order valence-electron chi connectivity index (χ4n) is 3.35. The molecule has 0 aliphatic rings. The van der Waals surface area contributed by atoms with E-state index in [9.17, 15) is 4.79 Å². The van der Waals surface area contributed by atoms with Gasteiger partial charge in [0, 0.05) is 17.0 Å². The second kappa shape index (κ2) is 9.90. The van der Waals surface area contributed by atoms with E-state index in [4.69, 9.17) is 9.72 Å². The third kappa shape index (κ3) is 5.28. The van der Waals surface area contributed by atoms with Crippen molar-refractivity contribution in [3.63, 3.8) is 0 Å². The molecule has 0 bridgehead atoms. The van der Waals surface area contributed by atoms with Crippen LogP contribution < -0.4 is 4.74 Å². The zero-order valence-corrected chi connectivity index (χ0v) is 19.2. The molecule has 0 spiro atoms. The quantitative estimate of drug-likeness (QED) is 0.434. The SMILES string of the molecule is Cc1ccccc1C(=O)N(Cc1csc(COc2ccccc2C(C)C)n1)C(C)C. The first-order valence-corrected chi connectivity index (χ1v) is 11.3. The highest BCUT2D eigenvalue weighted by atomic mass is 32.1. The molecule has 1 heterocycles. The van der Waals surface area contributed by atoms with Gasteiger partial charge in [0.1, 0.15) is 17.4 Å². The molecule has 5 heteroatoms. The third-order valence-corrected chi connectivity index (χ3v) is 5.95. The summed E-state index contributed by atoms with van der Waals surface area (Å²) in [4.78, 5) is 19.7. The number of aromatic nitrogens is 1. The molecular formula is C25H30N2O2S. The topological polar surface area (TPSA) is 42.4 Å². The van der Waals surface area contributed by atoms with E-state index in [-0.39, 0.29) is 11.9 Å². The molecule has 0 radical (unpaired) electrons. The lowest BCUT2D eigenvalue weighted by atomic mass is 10.0. The highest BCUT2D eigenvalue weighted by Gasteiger charge is 2.21. The summed E-state index contributed by atoms with van der Waals surface area (Å²) in [5.41, 5.74) is 3.83. The number of carbonyl (C=O) groups is 1. The van der Waals surface area contributed by atoms with Crippen LogP contribution >= 0.6 is 11.3 Å². The first kappa shape index (κ1) is 22.0. The Bertz CT molecular complexity index is 994. The normalized spacial score (nSPS) is 11.2. The molecule has 0 atom stereocenters. The molecule has 2 aromatic carbocycles. The summed E-state index contributed by atoms with van der Waals surface area (Å²) in [6.07, 6.45) is 0. The van der Waals surface area contributed by atoms with Crippen LogP contribution in [0.2, 0.25) is 0 Å². The lowest BCUT2D eigenvalue weighted by Gasteiger charge is -2.26. The van der Waals surface area contributed by atoms with Crippen molar-refractivity contribution in [3.05, 3.63) is 81.3 Å². The van der Waals surface area contributed by atoms with Gasteiger partial charge in [-0.25, -0.2) is 4.98 Å². The molecule has 3 rings (SSSR count). The molecule has 30 heavy (non-hydrogen) atoms. The molecule has 1 amide bonds. The molecule has 1 aromatic heterocycles. The summed E-state index contributed by atoms with van der Waals surface area (Å²) in [5.74, 6) is 1.35. The van der Waals surface area contributed by atoms with Gasteiger partial charge in [-0.1, -0.05) is 50.2 Å². The van der Waals surface area contributed by atoms with E-state index in [0.29, 0.717) is 19.1 Å². The summed E-state index contributed by atoms with van der Waals surface area (Å²) in [7, 11) is 0. The average Bonchev–Trinajstić information content (AvgIpc) is 3.18. The van der Waals surface area contributed by atoms with E-state index in [1.165, 1.54) is 5.56 Å². The Morgan fingerprint density at radius 3 is 2.47 bits per heavy atom. The molecule has 4 nitrogen and oxygen atoms in total. The van der Waals surface area contributed by atoms with Crippen molar-refractivity contribution in [2.45, 2.75) is 59.7 Å². The first-order valence-electron chi connectivity index (χ1n) is 10.4. The lowest BCUT2D eigenvalue weighted by molar-refractivity contribution is 0.0687. The summed E-state index contributed by atoms with van der Waals surface area (Å²) in [6, 6.07) is 15.9. The standard InChI is InChI=1S/C25H30N2O2S/c1-17(2)21-11-8-9-13-23(21)29-15-24-26-20(16-30-24)14-27(18(3)4)25(28)22-12-7-6-10-19(22)5/h6-13,16-18H,14-15H2,1-5H3. The maximum atomic E-state index is 13.1. The Morgan fingerprint density at radius 1 is 1.07 bits per heavy atom. The minimum absolute atomic E-state index is 0.0414. The number of benzene rings is 2. The van der Waals surface area contributed by atoms with Crippen LogP contribution in [0.25, 0.3) is 0 Å². The molecule has 0 aliphatic heterocycles.